The number of nitrogens with one attached hydrogen (secondary N) is 2. The second-order valence-electron chi connectivity index (χ2n) is 20.4. The summed E-state index contributed by atoms with van der Waals surface area (Å²) in [4.78, 5) is 50.5. The molecule has 428 valence electrons. The van der Waals surface area contributed by atoms with Gasteiger partial charge in [0.25, 0.3) is 0 Å². The van der Waals surface area contributed by atoms with Crippen LogP contribution in [0.3, 0.4) is 0 Å². The van der Waals surface area contributed by atoms with Crippen molar-refractivity contribution in [2.24, 2.45) is 0 Å². The molecule has 0 radical (unpaired) electrons. The fourth-order valence-corrected chi connectivity index (χ4v) is 10.9. The molecule has 0 unspecified atom stereocenters. The summed E-state index contributed by atoms with van der Waals surface area (Å²) in [6.45, 7) is 20.6. The fraction of sp³-hybridized carbons (Fsp3) is 0.529. The third-order valence-electron chi connectivity index (χ3n) is 12.0. The maximum atomic E-state index is 11.7. The smallest absolute Gasteiger partial charge is 0.410 e. The lowest BCUT2D eigenvalue weighted by atomic mass is 10.0. The highest BCUT2D eigenvalue weighted by atomic mass is 79.9. The first-order valence-electron chi connectivity index (χ1n) is 24.9. The van der Waals surface area contributed by atoms with Gasteiger partial charge in [-0.3, -0.25) is 9.59 Å². The molecule has 4 aliphatic heterocycles. The van der Waals surface area contributed by atoms with Crippen molar-refractivity contribution in [3.8, 4) is 11.5 Å². The number of phenolic OH excluding ortho intramolecular Hbond substituents is 2. The number of ether oxygens (including phenoxy) is 2. The Morgan fingerprint density at radius 1 is 0.519 bits per heavy atom. The predicted octanol–water partition coefficient (Wildman–Crippen LogP) is 4.74. The van der Waals surface area contributed by atoms with Crippen LogP contribution >= 0.6 is 15.9 Å². The maximum Gasteiger partial charge on any atom is 0.410 e. The minimum Gasteiger partial charge on any atom is -0.507 e. The minimum atomic E-state index is -3.16. The van der Waals surface area contributed by atoms with E-state index in [1.54, 1.807) is 37.8 Å². The summed E-state index contributed by atoms with van der Waals surface area (Å²) >= 11 is 3.35. The van der Waals surface area contributed by atoms with Crippen LogP contribution in [-0.4, -0.2) is 218 Å². The van der Waals surface area contributed by atoms with Gasteiger partial charge in [-0.1, -0.05) is 40.2 Å². The number of fused-ring (bicyclic) bond motifs is 2. The molecule has 0 atom stereocenters. The van der Waals surface area contributed by atoms with Gasteiger partial charge < -0.3 is 45.0 Å². The van der Waals surface area contributed by atoms with Crippen molar-refractivity contribution < 1.29 is 64.1 Å². The Bertz CT molecular complexity index is 3000. The fourth-order valence-electron chi connectivity index (χ4n) is 8.04. The SMILES string of the molecule is CC(C)(C)OC(=O)N1CCN(S(C)(=O)=O)CC1.CC(C)(C)OC(=O)N1CCNCC1.CS(=O)(=O)N1CCN(c2ccc3c(C=O)c(O)ccc3c2)CC1.CS(=O)(=O)N1CCNCC1.O=Cc1c(O)ccc2cc(Br)ccc12. The molecule has 0 aromatic heterocycles. The van der Waals surface area contributed by atoms with Crippen LogP contribution in [0.15, 0.2) is 65.1 Å². The van der Waals surface area contributed by atoms with Crippen molar-refractivity contribution in [1.29, 1.82) is 0 Å². The number of phenols is 2. The number of aldehydes is 2. The lowest BCUT2D eigenvalue weighted by Crippen LogP contribution is -2.51. The number of carbonyl (C=O) groups is 4. The van der Waals surface area contributed by atoms with Crippen molar-refractivity contribution in [2.75, 3.05) is 128 Å². The van der Waals surface area contributed by atoms with Crippen LogP contribution in [0.5, 0.6) is 11.5 Å². The van der Waals surface area contributed by atoms with Crippen molar-refractivity contribution >= 4 is 98.0 Å². The molecule has 4 aromatic rings. The molecule has 4 heterocycles. The van der Waals surface area contributed by atoms with Crippen LogP contribution in [0.25, 0.3) is 21.5 Å². The van der Waals surface area contributed by atoms with Crippen LogP contribution in [0.4, 0.5) is 15.3 Å². The molecular weight excluding hydrogens is 1120 g/mol. The van der Waals surface area contributed by atoms with Gasteiger partial charge >= 0.3 is 12.2 Å². The third-order valence-corrected chi connectivity index (χ3v) is 16.4. The Kier molecular flexibility index (Phi) is 23.5. The van der Waals surface area contributed by atoms with Gasteiger partial charge in [0.05, 0.1) is 29.9 Å². The van der Waals surface area contributed by atoms with Gasteiger partial charge in [0.15, 0.2) is 12.6 Å². The molecule has 77 heavy (non-hydrogen) atoms. The lowest BCUT2D eigenvalue weighted by molar-refractivity contribution is 0.0190. The zero-order chi connectivity index (χ0) is 57.5. The summed E-state index contributed by atoms with van der Waals surface area (Å²) in [7, 11) is -9.23. The number of halogens is 1. The second kappa shape index (κ2) is 28.1. The zero-order valence-electron chi connectivity index (χ0n) is 45.3. The van der Waals surface area contributed by atoms with Crippen molar-refractivity contribution in [3.63, 3.8) is 0 Å². The summed E-state index contributed by atoms with van der Waals surface area (Å²) in [5.41, 5.74) is 0.701. The molecular formula is C51H75BrN8O14S3. The van der Waals surface area contributed by atoms with Crippen LogP contribution in [-0.2, 0) is 39.5 Å². The number of sulfonamides is 3. The summed E-state index contributed by atoms with van der Waals surface area (Å²) in [6.07, 6.45) is 4.40. The lowest BCUT2D eigenvalue weighted by Gasteiger charge is -2.34. The van der Waals surface area contributed by atoms with Crippen LogP contribution < -0.4 is 15.5 Å². The highest BCUT2D eigenvalue weighted by molar-refractivity contribution is 9.10. The van der Waals surface area contributed by atoms with Crippen LogP contribution in [0.2, 0.25) is 0 Å². The third kappa shape index (κ3) is 20.8. The topological polar surface area (TPSA) is 273 Å². The number of nitrogens with zero attached hydrogens (tertiary/aromatic N) is 6. The number of rotatable bonds is 6. The van der Waals surface area contributed by atoms with Gasteiger partial charge in [0, 0.05) is 115 Å². The highest BCUT2D eigenvalue weighted by Crippen LogP contribution is 2.30. The average molecular weight is 1200 g/mol. The maximum absolute atomic E-state index is 11.7. The van der Waals surface area contributed by atoms with Gasteiger partial charge in [0.1, 0.15) is 22.7 Å². The summed E-state index contributed by atoms with van der Waals surface area (Å²) in [5, 5.41) is 28.7. The molecule has 4 fully saturated rings. The molecule has 2 amide bonds. The summed E-state index contributed by atoms with van der Waals surface area (Å²) in [5.74, 6) is -0.00293. The largest absolute Gasteiger partial charge is 0.507 e. The normalized spacial score (nSPS) is 17.2. The summed E-state index contributed by atoms with van der Waals surface area (Å²) in [6, 6.07) is 17.8. The average Bonchev–Trinajstić information content (AvgIpc) is 3.36. The molecule has 0 bridgehead atoms. The van der Waals surface area contributed by atoms with Gasteiger partial charge in [-0.15, -0.1) is 0 Å². The Hall–Kier alpha value is -5.19. The number of hydrogen-bond donors (Lipinski definition) is 4. The van der Waals surface area contributed by atoms with Gasteiger partial charge in [-0.25, -0.2) is 34.8 Å². The first kappa shape index (κ1) is 64.3. The van der Waals surface area contributed by atoms with E-state index in [4.69, 9.17) is 9.47 Å². The number of hydrogen-bond acceptors (Lipinski definition) is 17. The van der Waals surface area contributed by atoms with E-state index in [1.165, 1.54) is 48.7 Å². The summed E-state index contributed by atoms with van der Waals surface area (Å²) < 4.78 is 83.2. The van der Waals surface area contributed by atoms with E-state index >= 15 is 0 Å². The monoisotopic (exact) mass is 1200 g/mol. The Balaban J connectivity index is 0.000000214. The number of carbonyl (C=O) groups excluding carboxylic acids is 4. The predicted molar refractivity (Wildman–Crippen MR) is 303 cm³/mol. The number of aromatic hydroxyl groups is 2. The number of anilines is 1. The molecule has 8 rings (SSSR count). The second-order valence-corrected chi connectivity index (χ2v) is 27.3. The Morgan fingerprint density at radius 2 is 0.883 bits per heavy atom. The van der Waals surface area contributed by atoms with E-state index in [-0.39, 0.29) is 34.9 Å². The number of amides is 2. The van der Waals surface area contributed by atoms with Crippen molar-refractivity contribution in [1.82, 2.24) is 33.3 Å². The molecule has 26 heteroatoms. The van der Waals surface area contributed by atoms with E-state index in [0.29, 0.717) is 89.0 Å². The van der Waals surface area contributed by atoms with Crippen molar-refractivity contribution in [3.05, 3.63) is 76.3 Å². The zero-order valence-corrected chi connectivity index (χ0v) is 49.4. The van der Waals surface area contributed by atoms with E-state index in [9.17, 15) is 54.6 Å². The molecule has 0 aliphatic carbocycles. The van der Waals surface area contributed by atoms with E-state index < -0.39 is 35.7 Å². The highest BCUT2D eigenvalue weighted by Gasteiger charge is 2.29. The van der Waals surface area contributed by atoms with Gasteiger partial charge in [-0.05, 0) is 99.5 Å². The molecule has 0 spiro atoms. The Morgan fingerprint density at radius 3 is 1.27 bits per heavy atom. The molecule has 4 aromatic carbocycles. The number of piperazine rings is 4. The molecule has 4 N–H and O–H groups in total. The quantitative estimate of drug-likeness (QED) is 0.190. The van der Waals surface area contributed by atoms with E-state index in [2.05, 4.69) is 31.5 Å². The van der Waals surface area contributed by atoms with Crippen molar-refractivity contribution in [2.45, 2.75) is 52.7 Å². The van der Waals surface area contributed by atoms with E-state index in [0.717, 1.165) is 65.6 Å². The van der Waals surface area contributed by atoms with Gasteiger partial charge in [-0.2, -0.15) is 12.9 Å². The van der Waals surface area contributed by atoms with Crippen LogP contribution in [0.1, 0.15) is 62.3 Å². The minimum absolute atomic E-state index is 0.0230. The Labute approximate surface area is 461 Å². The van der Waals surface area contributed by atoms with Gasteiger partial charge in [0.2, 0.25) is 30.1 Å². The van der Waals surface area contributed by atoms with E-state index in [1.807, 2.05) is 57.2 Å². The standard InChI is InChI=1S/C16H18N2O4S.C11H7BrO2.C10H20N2O4S.C9H18N2O2.C5H12N2O2S/c1-23(21,22)18-8-6-17(7-9-18)13-3-4-14-12(10-13)2-5-16(20)15(14)11-19;12-8-2-3-9-7(5-8)1-4-11(14)10(9)6-13;1-10(2,3)16-9(13)11-5-7-12(8-6-11)17(4,14)15;1-9(2,3)13-8(12)11-6-4-10-5-7-11;1-10(8,9)7-4-2-6-3-5-7/h2-5,10-11,20H,6-9H2,1H3;1-6,14H;5-8H2,1-4H3;10H,4-7H2,1-3H3;6H,2-5H2,1H3. The molecule has 0 saturated carbocycles. The first-order chi connectivity index (χ1) is 35.8. The molecule has 4 saturated heterocycles. The first-order valence-corrected chi connectivity index (χ1v) is 31.2. The number of benzene rings is 4. The van der Waals surface area contributed by atoms with Crippen LogP contribution in [0, 0.1) is 0 Å². The molecule has 22 nitrogen and oxygen atoms in total. The molecule has 4 aliphatic rings.